The molecule has 0 radical (unpaired) electrons. The monoisotopic (exact) mass is 254 g/mol. The first kappa shape index (κ1) is 13.7. The molecule has 1 amide bonds. The van der Waals surface area contributed by atoms with Gasteiger partial charge in [0.15, 0.2) is 0 Å². The van der Waals surface area contributed by atoms with Crippen molar-refractivity contribution in [3.05, 3.63) is 0 Å². The van der Waals surface area contributed by atoms with E-state index < -0.39 is 5.60 Å². The average Bonchev–Trinajstić information content (AvgIpc) is 2.48. The SMILES string of the molecule is CC(C)(C)OC(=O)N1CCCCC2CNCCC21. The summed E-state index contributed by atoms with van der Waals surface area (Å²) in [5.41, 5.74) is -0.397. The van der Waals surface area contributed by atoms with Crippen molar-refractivity contribution in [2.24, 2.45) is 5.92 Å². The summed E-state index contributed by atoms with van der Waals surface area (Å²) in [5.74, 6) is 0.605. The summed E-state index contributed by atoms with van der Waals surface area (Å²) < 4.78 is 5.55. The molecule has 104 valence electrons. The fourth-order valence-corrected chi connectivity index (χ4v) is 3.02. The molecule has 2 fully saturated rings. The highest BCUT2D eigenvalue weighted by Crippen LogP contribution is 2.28. The Hall–Kier alpha value is -0.770. The van der Waals surface area contributed by atoms with Crippen LogP contribution in [-0.2, 0) is 4.74 Å². The van der Waals surface area contributed by atoms with E-state index in [-0.39, 0.29) is 6.09 Å². The molecular formula is C14H26N2O2. The van der Waals surface area contributed by atoms with E-state index in [1.807, 2.05) is 25.7 Å². The Kier molecular flexibility index (Phi) is 4.15. The first-order valence-corrected chi connectivity index (χ1v) is 7.18. The molecule has 2 rings (SSSR count). The smallest absolute Gasteiger partial charge is 0.410 e. The summed E-state index contributed by atoms with van der Waals surface area (Å²) in [5, 5.41) is 3.44. The second-order valence-electron chi connectivity index (χ2n) is 6.49. The molecule has 4 heteroatoms. The Morgan fingerprint density at radius 1 is 1.28 bits per heavy atom. The van der Waals surface area contributed by atoms with Crippen LogP contribution in [0.15, 0.2) is 0 Å². The summed E-state index contributed by atoms with van der Waals surface area (Å²) in [6, 6.07) is 0.378. The van der Waals surface area contributed by atoms with Crippen molar-refractivity contribution in [2.75, 3.05) is 19.6 Å². The predicted octanol–water partition coefficient (Wildman–Crippen LogP) is 2.39. The van der Waals surface area contributed by atoms with Crippen molar-refractivity contribution in [3.8, 4) is 0 Å². The normalized spacial score (nSPS) is 29.4. The Bertz CT molecular complexity index is 299. The van der Waals surface area contributed by atoms with Crippen LogP contribution >= 0.6 is 0 Å². The molecule has 0 saturated carbocycles. The molecule has 0 aromatic carbocycles. The first-order chi connectivity index (χ1) is 8.47. The van der Waals surface area contributed by atoms with Crippen LogP contribution in [0.2, 0.25) is 0 Å². The number of fused-ring (bicyclic) bond motifs is 1. The quantitative estimate of drug-likeness (QED) is 0.721. The van der Waals surface area contributed by atoms with Crippen molar-refractivity contribution < 1.29 is 9.53 Å². The minimum absolute atomic E-state index is 0.124. The second kappa shape index (κ2) is 5.47. The zero-order valence-electron chi connectivity index (χ0n) is 11.9. The van der Waals surface area contributed by atoms with Crippen LogP contribution in [0.5, 0.6) is 0 Å². The molecular weight excluding hydrogens is 228 g/mol. The largest absolute Gasteiger partial charge is 0.444 e. The minimum atomic E-state index is -0.397. The maximum absolute atomic E-state index is 12.3. The molecule has 0 aromatic rings. The van der Waals surface area contributed by atoms with Crippen LogP contribution in [0, 0.1) is 5.92 Å². The summed E-state index contributed by atoms with van der Waals surface area (Å²) in [6.45, 7) is 8.72. The number of nitrogens with zero attached hydrogens (tertiary/aromatic N) is 1. The molecule has 0 aromatic heterocycles. The summed E-state index contributed by atoms with van der Waals surface area (Å²) in [6.07, 6.45) is 4.50. The van der Waals surface area contributed by atoms with E-state index in [1.165, 1.54) is 12.8 Å². The van der Waals surface area contributed by atoms with E-state index >= 15 is 0 Å². The molecule has 2 aliphatic rings. The van der Waals surface area contributed by atoms with E-state index in [2.05, 4.69) is 5.32 Å². The van der Waals surface area contributed by atoms with Crippen LogP contribution in [0.1, 0.15) is 46.5 Å². The highest BCUT2D eigenvalue weighted by molar-refractivity contribution is 5.68. The molecule has 0 spiro atoms. The number of likely N-dealkylation sites (tertiary alicyclic amines) is 1. The van der Waals surface area contributed by atoms with Crippen LogP contribution < -0.4 is 5.32 Å². The molecule has 4 nitrogen and oxygen atoms in total. The van der Waals surface area contributed by atoms with Gasteiger partial charge in [-0.2, -0.15) is 0 Å². The van der Waals surface area contributed by atoms with Gasteiger partial charge in [-0.25, -0.2) is 4.79 Å². The van der Waals surface area contributed by atoms with Crippen molar-refractivity contribution in [1.29, 1.82) is 0 Å². The molecule has 1 N–H and O–H groups in total. The van der Waals surface area contributed by atoms with E-state index in [4.69, 9.17) is 4.74 Å². The first-order valence-electron chi connectivity index (χ1n) is 7.18. The van der Waals surface area contributed by atoms with Crippen LogP contribution in [0.3, 0.4) is 0 Å². The molecule has 2 heterocycles. The third-order valence-electron chi connectivity index (χ3n) is 3.82. The number of ether oxygens (including phenoxy) is 1. The number of amides is 1. The zero-order chi connectivity index (χ0) is 13.2. The van der Waals surface area contributed by atoms with Crippen molar-refractivity contribution >= 4 is 6.09 Å². The number of carbonyl (C=O) groups excluding carboxylic acids is 1. The molecule has 2 unspecified atom stereocenters. The summed E-state index contributed by atoms with van der Waals surface area (Å²) in [7, 11) is 0. The number of nitrogens with one attached hydrogen (secondary N) is 1. The van der Waals surface area contributed by atoms with E-state index in [1.54, 1.807) is 0 Å². The van der Waals surface area contributed by atoms with E-state index in [0.717, 1.165) is 32.5 Å². The lowest BCUT2D eigenvalue weighted by molar-refractivity contribution is 0.00823. The second-order valence-corrected chi connectivity index (χ2v) is 6.49. The topological polar surface area (TPSA) is 41.6 Å². The average molecular weight is 254 g/mol. The Morgan fingerprint density at radius 2 is 2.06 bits per heavy atom. The third kappa shape index (κ3) is 3.37. The molecule has 0 aliphatic carbocycles. The maximum Gasteiger partial charge on any atom is 0.410 e. The Labute approximate surface area is 110 Å². The Morgan fingerprint density at radius 3 is 2.78 bits per heavy atom. The van der Waals surface area contributed by atoms with Crippen molar-refractivity contribution in [1.82, 2.24) is 10.2 Å². The molecule has 0 bridgehead atoms. The molecule has 18 heavy (non-hydrogen) atoms. The van der Waals surface area contributed by atoms with Crippen molar-refractivity contribution in [2.45, 2.75) is 58.1 Å². The number of piperidine rings is 1. The fourth-order valence-electron chi connectivity index (χ4n) is 3.02. The van der Waals surface area contributed by atoms with Gasteiger partial charge in [0, 0.05) is 12.6 Å². The highest BCUT2D eigenvalue weighted by atomic mass is 16.6. The van der Waals surface area contributed by atoms with Gasteiger partial charge in [-0.1, -0.05) is 6.42 Å². The van der Waals surface area contributed by atoms with Crippen LogP contribution in [0.4, 0.5) is 4.79 Å². The van der Waals surface area contributed by atoms with E-state index in [0.29, 0.717) is 12.0 Å². The zero-order valence-corrected chi connectivity index (χ0v) is 11.9. The van der Waals surface area contributed by atoms with Gasteiger partial charge in [-0.05, 0) is 59.0 Å². The van der Waals surface area contributed by atoms with Gasteiger partial charge in [0.25, 0.3) is 0 Å². The summed E-state index contributed by atoms with van der Waals surface area (Å²) >= 11 is 0. The number of hydrogen-bond acceptors (Lipinski definition) is 3. The van der Waals surface area contributed by atoms with E-state index in [9.17, 15) is 4.79 Å². The van der Waals surface area contributed by atoms with Gasteiger partial charge in [-0.15, -0.1) is 0 Å². The molecule has 2 saturated heterocycles. The summed E-state index contributed by atoms with van der Waals surface area (Å²) in [4.78, 5) is 14.3. The van der Waals surface area contributed by atoms with Gasteiger partial charge >= 0.3 is 6.09 Å². The fraction of sp³-hybridized carbons (Fsp3) is 0.929. The van der Waals surface area contributed by atoms with Gasteiger partial charge in [0.2, 0.25) is 0 Å². The lowest BCUT2D eigenvalue weighted by Gasteiger charge is -2.39. The lowest BCUT2D eigenvalue weighted by Crippen LogP contribution is -2.52. The van der Waals surface area contributed by atoms with Gasteiger partial charge in [-0.3, -0.25) is 0 Å². The maximum atomic E-state index is 12.3. The molecule has 2 atom stereocenters. The molecule has 2 aliphatic heterocycles. The number of carbonyl (C=O) groups is 1. The van der Waals surface area contributed by atoms with Gasteiger partial charge < -0.3 is 15.0 Å². The van der Waals surface area contributed by atoms with Gasteiger partial charge in [0.1, 0.15) is 5.60 Å². The third-order valence-corrected chi connectivity index (χ3v) is 3.82. The Balaban J connectivity index is 2.06. The lowest BCUT2D eigenvalue weighted by atomic mass is 9.89. The standard InChI is InChI=1S/C14H26N2O2/c1-14(2,3)18-13(17)16-9-5-4-6-11-10-15-8-7-12(11)16/h11-12,15H,4-10H2,1-3H3. The minimum Gasteiger partial charge on any atom is -0.444 e. The number of rotatable bonds is 0. The van der Waals surface area contributed by atoms with Crippen LogP contribution in [0.25, 0.3) is 0 Å². The predicted molar refractivity (Wildman–Crippen MR) is 71.6 cm³/mol. The highest BCUT2D eigenvalue weighted by Gasteiger charge is 2.36. The van der Waals surface area contributed by atoms with Crippen LogP contribution in [-0.4, -0.2) is 42.3 Å². The van der Waals surface area contributed by atoms with Crippen molar-refractivity contribution in [3.63, 3.8) is 0 Å². The number of hydrogen-bond donors (Lipinski definition) is 1. The van der Waals surface area contributed by atoms with Gasteiger partial charge in [0.05, 0.1) is 0 Å².